The van der Waals surface area contributed by atoms with Gasteiger partial charge in [-0.2, -0.15) is 0 Å². The fourth-order valence-corrected chi connectivity index (χ4v) is 2.48. The Bertz CT molecular complexity index is 740. The summed E-state index contributed by atoms with van der Waals surface area (Å²) in [4.78, 5) is -0.105. The minimum absolute atomic E-state index is 0.0120. The minimum Gasteiger partial charge on any atom is -0.455 e. The van der Waals surface area contributed by atoms with Gasteiger partial charge in [-0.05, 0) is 12.1 Å². The molecule has 2 aromatic carbocycles. The van der Waals surface area contributed by atoms with Crippen LogP contribution in [0.5, 0.6) is 11.5 Å². The van der Waals surface area contributed by atoms with Crippen LogP contribution in [0.15, 0.2) is 41.3 Å². The second-order valence-electron chi connectivity index (χ2n) is 4.15. The molecule has 2 N–H and O–H groups in total. The lowest BCUT2D eigenvalue weighted by Gasteiger charge is -2.11. The van der Waals surface area contributed by atoms with Crippen molar-refractivity contribution < 1.29 is 21.9 Å². The van der Waals surface area contributed by atoms with E-state index in [9.17, 15) is 17.2 Å². The molecule has 0 aliphatic rings. The van der Waals surface area contributed by atoms with Gasteiger partial charge in [-0.15, -0.1) is 0 Å². The number of hydrogen-bond acceptors (Lipinski definition) is 4. The second-order valence-corrected chi connectivity index (χ2v) is 6.13. The molecule has 0 heterocycles. The minimum atomic E-state index is -3.52. The first kappa shape index (κ1) is 14.3. The Hall–Kier alpha value is -2.15. The molecule has 2 aromatic rings. The zero-order chi connectivity index (χ0) is 14.9. The summed E-state index contributed by atoms with van der Waals surface area (Å²) < 4.78 is 54.4. The third-order valence-electron chi connectivity index (χ3n) is 2.49. The highest BCUT2D eigenvalue weighted by Crippen LogP contribution is 2.32. The molecular formula is C13H11F2NO3S. The highest BCUT2D eigenvalue weighted by atomic mass is 32.2. The Morgan fingerprint density at radius 2 is 1.70 bits per heavy atom. The smallest absolute Gasteiger partial charge is 0.177 e. The van der Waals surface area contributed by atoms with Gasteiger partial charge in [-0.3, -0.25) is 0 Å². The SMILES string of the molecule is CS(=O)(=O)c1cccc(Oc2cc(F)cc(F)c2)c1N. The van der Waals surface area contributed by atoms with Crippen molar-refractivity contribution in [1.29, 1.82) is 0 Å². The number of sulfone groups is 1. The Balaban J connectivity index is 2.44. The van der Waals surface area contributed by atoms with Gasteiger partial charge < -0.3 is 10.5 Å². The first-order chi connectivity index (χ1) is 9.27. The van der Waals surface area contributed by atoms with E-state index in [1.807, 2.05) is 0 Å². The van der Waals surface area contributed by atoms with Crippen molar-refractivity contribution in [1.82, 2.24) is 0 Å². The maximum absolute atomic E-state index is 13.1. The molecule has 0 aromatic heterocycles. The number of halogens is 2. The van der Waals surface area contributed by atoms with E-state index >= 15 is 0 Å². The molecular weight excluding hydrogens is 288 g/mol. The summed E-state index contributed by atoms with van der Waals surface area (Å²) in [5.41, 5.74) is 5.59. The number of ether oxygens (including phenoxy) is 1. The van der Waals surface area contributed by atoms with Crippen LogP contribution in [0, 0.1) is 11.6 Å². The molecule has 0 fully saturated rings. The molecule has 106 valence electrons. The summed E-state index contributed by atoms with van der Waals surface area (Å²) >= 11 is 0. The van der Waals surface area contributed by atoms with Crippen LogP contribution in [0.1, 0.15) is 0 Å². The van der Waals surface area contributed by atoms with Gasteiger partial charge in [-0.25, -0.2) is 17.2 Å². The van der Waals surface area contributed by atoms with Gasteiger partial charge in [-0.1, -0.05) is 6.07 Å². The van der Waals surface area contributed by atoms with Crippen molar-refractivity contribution in [3.05, 3.63) is 48.0 Å². The molecule has 0 aliphatic carbocycles. The van der Waals surface area contributed by atoms with E-state index in [2.05, 4.69) is 0 Å². The van der Waals surface area contributed by atoms with Gasteiger partial charge in [0, 0.05) is 24.5 Å². The van der Waals surface area contributed by atoms with Gasteiger partial charge in [0.15, 0.2) is 15.6 Å². The molecule has 0 amide bonds. The predicted octanol–water partition coefficient (Wildman–Crippen LogP) is 2.74. The van der Waals surface area contributed by atoms with Gasteiger partial charge in [0.2, 0.25) is 0 Å². The molecule has 20 heavy (non-hydrogen) atoms. The average Bonchev–Trinajstić information content (AvgIpc) is 2.29. The molecule has 0 spiro atoms. The van der Waals surface area contributed by atoms with E-state index in [0.29, 0.717) is 6.07 Å². The van der Waals surface area contributed by atoms with Crippen molar-refractivity contribution >= 4 is 15.5 Å². The van der Waals surface area contributed by atoms with Gasteiger partial charge >= 0.3 is 0 Å². The van der Waals surface area contributed by atoms with Gasteiger partial charge in [0.25, 0.3) is 0 Å². The summed E-state index contributed by atoms with van der Waals surface area (Å²) in [6, 6.07) is 6.79. The van der Waals surface area contributed by atoms with Crippen molar-refractivity contribution in [2.24, 2.45) is 0 Å². The van der Waals surface area contributed by atoms with E-state index < -0.39 is 21.5 Å². The van der Waals surface area contributed by atoms with E-state index in [0.717, 1.165) is 18.4 Å². The number of benzene rings is 2. The predicted molar refractivity (Wildman–Crippen MR) is 70.4 cm³/mol. The van der Waals surface area contributed by atoms with Gasteiger partial charge in [0.05, 0.1) is 10.6 Å². The fourth-order valence-electron chi connectivity index (χ4n) is 1.65. The molecule has 7 heteroatoms. The number of rotatable bonds is 3. The first-order valence-corrected chi connectivity index (χ1v) is 7.39. The lowest BCUT2D eigenvalue weighted by Crippen LogP contribution is -2.03. The molecule has 0 saturated carbocycles. The van der Waals surface area contributed by atoms with Gasteiger partial charge in [0.1, 0.15) is 17.4 Å². The Morgan fingerprint density at radius 1 is 1.10 bits per heavy atom. The highest BCUT2D eigenvalue weighted by Gasteiger charge is 2.15. The molecule has 0 bridgehead atoms. The standard InChI is InChI=1S/C13H11F2NO3S/c1-20(17,18)12-4-2-3-11(13(12)16)19-10-6-8(14)5-9(15)7-10/h2-7H,16H2,1H3. The van der Waals surface area contributed by atoms with Crippen molar-refractivity contribution in [2.75, 3.05) is 12.0 Å². The van der Waals surface area contributed by atoms with Crippen LogP contribution in [0.3, 0.4) is 0 Å². The monoisotopic (exact) mass is 299 g/mol. The topological polar surface area (TPSA) is 69.4 Å². The number of nitrogens with two attached hydrogens (primary N) is 1. The van der Waals surface area contributed by atoms with Crippen molar-refractivity contribution in [3.63, 3.8) is 0 Å². The number of hydrogen-bond donors (Lipinski definition) is 1. The van der Waals surface area contributed by atoms with Crippen LogP contribution >= 0.6 is 0 Å². The van der Waals surface area contributed by atoms with Crippen LogP contribution < -0.4 is 10.5 Å². The summed E-state index contributed by atoms with van der Waals surface area (Å²) in [5.74, 6) is -1.71. The molecule has 4 nitrogen and oxygen atoms in total. The molecule has 2 rings (SSSR count). The largest absolute Gasteiger partial charge is 0.455 e. The summed E-state index contributed by atoms with van der Waals surface area (Å²) in [6.07, 6.45) is 1.00. The second kappa shape index (κ2) is 5.09. The van der Waals surface area contributed by atoms with E-state index in [1.54, 1.807) is 0 Å². The average molecular weight is 299 g/mol. The Morgan fingerprint density at radius 3 is 2.25 bits per heavy atom. The molecule has 0 unspecified atom stereocenters. The number of nitrogen functional groups attached to an aromatic ring is 1. The summed E-state index contributed by atoms with van der Waals surface area (Å²) in [7, 11) is -3.52. The number of anilines is 1. The molecule has 0 radical (unpaired) electrons. The molecule has 0 atom stereocenters. The lowest BCUT2D eigenvalue weighted by molar-refractivity contribution is 0.469. The van der Waals surface area contributed by atoms with E-state index in [-0.39, 0.29) is 22.1 Å². The zero-order valence-electron chi connectivity index (χ0n) is 10.4. The normalized spacial score (nSPS) is 11.3. The molecule has 0 saturated heterocycles. The van der Waals surface area contributed by atoms with Crippen LogP contribution in [-0.4, -0.2) is 14.7 Å². The maximum atomic E-state index is 13.1. The number of para-hydroxylation sites is 1. The highest BCUT2D eigenvalue weighted by molar-refractivity contribution is 7.90. The maximum Gasteiger partial charge on any atom is 0.177 e. The Kier molecular flexibility index (Phi) is 3.63. The van der Waals surface area contributed by atoms with Crippen molar-refractivity contribution in [3.8, 4) is 11.5 Å². The Labute approximate surface area is 114 Å². The summed E-state index contributed by atoms with van der Waals surface area (Å²) in [5, 5.41) is 0. The van der Waals surface area contributed by atoms with Crippen LogP contribution in [0.4, 0.5) is 14.5 Å². The zero-order valence-corrected chi connectivity index (χ0v) is 11.2. The lowest BCUT2D eigenvalue weighted by atomic mass is 10.3. The fraction of sp³-hybridized carbons (Fsp3) is 0.0769. The van der Waals surface area contributed by atoms with Crippen LogP contribution in [0.2, 0.25) is 0 Å². The molecule has 0 aliphatic heterocycles. The van der Waals surface area contributed by atoms with Crippen LogP contribution in [0.25, 0.3) is 0 Å². The van der Waals surface area contributed by atoms with Crippen LogP contribution in [-0.2, 0) is 9.84 Å². The quantitative estimate of drug-likeness (QED) is 0.885. The third-order valence-corrected chi connectivity index (χ3v) is 3.64. The van der Waals surface area contributed by atoms with Crippen molar-refractivity contribution in [2.45, 2.75) is 4.90 Å². The first-order valence-electron chi connectivity index (χ1n) is 5.50. The van der Waals surface area contributed by atoms with E-state index in [4.69, 9.17) is 10.5 Å². The third kappa shape index (κ3) is 3.05. The van der Waals surface area contributed by atoms with E-state index in [1.165, 1.54) is 18.2 Å². The summed E-state index contributed by atoms with van der Waals surface area (Å²) in [6.45, 7) is 0.